The summed E-state index contributed by atoms with van der Waals surface area (Å²) >= 11 is 0. The second-order valence-electron chi connectivity index (χ2n) is 10.5. The minimum atomic E-state index is -0.979. The van der Waals surface area contributed by atoms with Crippen molar-refractivity contribution in [2.45, 2.75) is 58.7 Å². The number of aliphatic hydroxyl groups is 1. The van der Waals surface area contributed by atoms with Crippen LogP contribution in [0.4, 0.5) is 9.18 Å². The molecule has 3 heterocycles. The highest BCUT2D eigenvalue weighted by atomic mass is 19.1. The first-order valence-corrected chi connectivity index (χ1v) is 13.5. The van der Waals surface area contributed by atoms with Crippen molar-refractivity contribution in [3.05, 3.63) is 69.4 Å². The van der Waals surface area contributed by atoms with Crippen LogP contribution >= 0.6 is 0 Å². The molecule has 0 unspecified atom stereocenters. The smallest absolute Gasteiger partial charge is 0.407 e. The fraction of sp³-hybridized carbons (Fsp3) is 0.448. The molecule has 0 aliphatic rings. The van der Waals surface area contributed by atoms with Crippen molar-refractivity contribution in [3.8, 4) is 0 Å². The molecule has 0 aliphatic heterocycles. The summed E-state index contributed by atoms with van der Waals surface area (Å²) in [4.78, 5) is 63.4. The van der Waals surface area contributed by atoms with Crippen LogP contribution in [0, 0.1) is 11.7 Å². The van der Waals surface area contributed by atoms with Gasteiger partial charge in [0.05, 0.1) is 43.7 Å². The Balaban J connectivity index is 1.87. The zero-order chi connectivity index (χ0) is 31.0. The average Bonchev–Trinajstić information content (AvgIpc) is 3.38. The van der Waals surface area contributed by atoms with E-state index < -0.39 is 35.9 Å². The Labute approximate surface area is 242 Å². The van der Waals surface area contributed by atoms with Crippen LogP contribution in [0.25, 0.3) is 11.0 Å². The number of imidazole rings is 1. The number of allylic oxidation sites excluding steroid dienone is 1. The third-order valence-electron chi connectivity index (χ3n) is 6.57. The number of carbonyl (C=O) groups is 3. The number of hydrogen-bond acceptors (Lipinski definition) is 8. The van der Waals surface area contributed by atoms with Crippen LogP contribution in [-0.2, 0) is 40.3 Å². The quantitative estimate of drug-likeness (QED) is 0.258. The fourth-order valence-corrected chi connectivity index (χ4v) is 4.36. The Morgan fingerprint density at radius 1 is 1.26 bits per heavy atom. The van der Waals surface area contributed by atoms with Gasteiger partial charge in [0.2, 0.25) is 5.91 Å². The molecule has 0 aromatic carbocycles. The highest BCUT2D eigenvalue weighted by Crippen LogP contribution is 2.21. The molecule has 13 heteroatoms. The number of alkyl carbamates (subject to hydrolysis) is 1. The van der Waals surface area contributed by atoms with Crippen LogP contribution in [0.1, 0.15) is 49.5 Å². The Kier molecular flexibility index (Phi) is 11.1. The van der Waals surface area contributed by atoms with E-state index in [0.717, 1.165) is 6.20 Å². The van der Waals surface area contributed by atoms with Crippen molar-refractivity contribution in [3.63, 3.8) is 0 Å². The van der Waals surface area contributed by atoms with E-state index in [1.807, 2.05) is 13.8 Å². The predicted octanol–water partition coefficient (Wildman–Crippen LogP) is 2.26. The molecule has 0 radical (unpaired) electrons. The lowest BCUT2D eigenvalue weighted by Crippen LogP contribution is -2.42. The Hall–Kier alpha value is -4.39. The van der Waals surface area contributed by atoms with Crippen LogP contribution < -0.4 is 10.9 Å². The van der Waals surface area contributed by atoms with Crippen molar-refractivity contribution >= 4 is 28.8 Å². The largest absolute Gasteiger partial charge is 0.453 e. The highest BCUT2D eigenvalue weighted by molar-refractivity contribution is 5.89. The molecular formula is C29H37FN6O6. The van der Waals surface area contributed by atoms with Gasteiger partial charge < -0.3 is 29.6 Å². The molecule has 3 N–H and O–H groups in total. The Morgan fingerprint density at radius 3 is 2.64 bits per heavy atom. The summed E-state index contributed by atoms with van der Waals surface area (Å²) in [7, 11) is 4.39. The van der Waals surface area contributed by atoms with Gasteiger partial charge >= 0.3 is 6.09 Å². The maximum atomic E-state index is 14.5. The number of amides is 2. The number of nitrogens with zero attached hydrogens (tertiary/aromatic N) is 4. The van der Waals surface area contributed by atoms with Gasteiger partial charge in [0.1, 0.15) is 11.3 Å². The van der Waals surface area contributed by atoms with Gasteiger partial charge in [0.25, 0.3) is 5.56 Å². The molecule has 0 aliphatic carbocycles. The van der Waals surface area contributed by atoms with Gasteiger partial charge in [-0.05, 0) is 37.3 Å². The first-order chi connectivity index (χ1) is 19.9. The van der Waals surface area contributed by atoms with Crippen molar-refractivity contribution in [1.29, 1.82) is 0 Å². The lowest BCUT2D eigenvalue weighted by molar-refractivity contribution is -0.123. The van der Waals surface area contributed by atoms with Gasteiger partial charge in [0, 0.05) is 31.8 Å². The maximum absolute atomic E-state index is 14.5. The number of ketones is 1. The predicted molar refractivity (Wildman–Crippen MR) is 153 cm³/mol. The molecule has 0 saturated heterocycles. The summed E-state index contributed by atoms with van der Waals surface area (Å²) in [6, 6.07) is 2.00. The van der Waals surface area contributed by atoms with Crippen molar-refractivity contribution < 1.29 is 28.6 Å². The van der Waals surface area contributed by atoms with Gasteiger partial charge in [0.15, 0.2) is 11.6 Å². The first kappa shape index (κ1) is 32.1. The van der Waals surface area contributed by atoms with E-state index in [1.54, 1.807) is 20.2 Å². The van der Waals surface area contributed by atoms with Crippen LogP contribution in [0.3, 0.4) is 0 Å². The maximum Gasteiger partial charge on any atom is 0.407 e. The topological polar surface area (TPSA) is 160 Å². The molecule has 0 saturated carbocycles. The molecule has 2 amide bonds. The number of aromatic amines is 1. The molecular weight excluding hydrogens is 547 g/mol. The van der Waals surface area contributed by atoms with Gasteiger partial charge in [-0.3, -0.25) is 19.4 Å². The molecule has 0 bridgehead atoms. The number of likely N-dealkylation sites (N-methyl/N-ethyl adjacent to an activating group) is 1. The summed E-state index contributed by atoms with van der Waals surface area (Å²) in [5, 5.41) is 12.4. The summed E-state index contributed by atoms with van der Waals surface area (Å²) < 4.78 is 20.4. The summed E-state index contributed by atoms with van der Waals surface area (Å²) in [5.74, 6) is -0.707. The number of carbonyl (C=O) groups excluding carboxylic acids is 3. The number of pyridine rings is 2. The van der Waals surface area contributed by atoms with Crippen LogP contribution in [-0.4, -0.2) is 74.6 Å². The molecule has 12 nitrogen and oxygen atoms in total. The van der Waals surface area contributed by atoms with E-state index in [0.29, 0.717) is 24.1 Å². The number of hydrogen-bond donors (Lipinski definition) is 3. The van der Waals surface area contributed by atoms with E-state index in [2.05, 4.69) is 25.0 Å². The van der Waals surface area contributed by atoms with Crippen LogP contribution in [0.2, 0.25) is 0 Å². The molecule has 42 heavy (non-hydrogen) atoms. The first-order valence-electron chi connectivity index (χ1n) is 13.5. The lowest BCUT2D eigenvalue weighted by atomic mass is 10.0. The van der Waals surface area contributed by atoms with E-state index in [1.165, 1.54) is 34.8 Å². The third kappa shape index (κ3) is 8.09. The van der Waals surface area contributed by atoms with E-state index in [-0.39, 0.29) is 53.8 Å². The number of H-pyrrole nitrogens is 1. The SMILES string of the molecule is COC(=O)N[C@@H](CC/C=C/C(=O)N(C)C)C(=O)Cc1ccc(CO)n(Cc2nc3c(F)cnc(CC(C)C)c3[nH]2)c1=O. The molecule has 3 aromatic heterocycles. The molecule has 1 atom stereocenters. The number of ether oxygens (including phenoxy) is 1. The normalized spacial score (nSPS) is 12.2. The number of rotatable bonds is 13. The summed E-state index contributed by atoms with van der Waals surface area (Å²) in [5.41, 5.74) is 1.08. The Morgan fingerprint density at radius 2 is 2.00 bits per heavy atom. The lowest BCUT2D eigenvalue weighted by Gasteiger charge is -2.17. The number of methoxy groups -OCH3 is 1. The van der Waals surface area contributed by atoms with E-state index in [4.69, 9.17) is 0 Å². The monoisotopic (exact) mass is 584 g/mol. The summed E-state index contributed by atoms with van der Waals surface area (Å²) in [6.45, 7) is 3.47. The van der Waals surface area contributed by atoms with Gasteiger partial charge in [-0.15, -0.1) is 0 Å². The molecule has 0 fully saturated rings. The van der Waals surface area contributed by atoms with Crippen LogP contribution in [0.15, 0.2) is 35.3 Å². The second kappa shape index (κ2) is 14.5. The van der Waals surface area contributed by atoms with Gasteiger partial charge in [-0.25, -0.2) is 14.2 Å². The Bertz CT molecular complexity index is 1530. The zero-order valence-electron chi connectivity index (χ0n) is 24.4. The summed E-state index contributed by atoms with van der Waals surface area (Å²) in [6.07, 6.45) is 4.06. The number of aliphatic hydroxyl groups excluding tert-OH is 1. The number of fused-ring (bicyclic) bond motifs is 1. The highest BCUT2D eigenvalue weighted by Gasteiger charge is 2.23. The minimum absolute atomic E-state index is 0.110. The molecule has 0 spiro atoms. The number of Topliss-reactive ketones (excluding diaryl/α,β-unsaturated/α-hetero) is 1. The minimum Gasteiger partial charge on any atom is -0.453 e. The third-order valence-corrected chi connectivity index (χ3v) is 6.57. The molecule has 226 valence electrons. The van der Waals surface area contributed by atoms with E-state index >= 15 is 0 Å². The van der Waals surface area contributed by atoms with Crippen molar-refractivity contribution in [1.82, 2.24) is 29.7 Å². The molecule has 3 aromatic rings. The fourth-order valence-electron chi connectivity index (χ4n) is 4.36. The van der Waals surface area contributed by atoms with Crippen LogP contribution in [0.5, 0.6) is 0 Å². The second-order valence-corrected chi connectivity index (χ2v) is 10.5. The number of halogens is 1. The van der Waals surface area contributed by atoms with Crippen molar-refractivity contribution in [2.24, 2.45) is 5.92 Å². The average molecular weight is 585 g/mol. The zero-order valence-corrected chi connectivity index (χ0v) is 24.4. The molecule has 3 rings (SSSR count). The van der Waals surface area contributed by atoms with Gasteiger partial charge in [-0.2, -0.15) is 0 Å². The standard InChI is InChI=1S/C29H37FN6O6/c1-17(2)12-22-27-26(20(30)14-31-22)33-24(34-27)15-36-19(16-37)11-10-18(28(36)40)13-23(38)21(32-29(41)42-5)8-6-7-9-25(39)35(3)4/h7,9-11,14,17,21,37H,6,8,12-13,15-16H2,1-5H3,(H,32,41)(H,33,34)/b9-7+/t21-/m0/s1. The van der Waals surface area contributed by atoms with Crippen molar-refractivity contribution in [2.75, 3.05) is 21.2 Å². The number of nitrogens with one attached hydrogen (secondary N) is 2. The van der Waals surface area contributed by atoms with E-state index in [9.17, 15) is 28.7 Å². The van der Waals surface area contributed by atoms with Gasteiger partial charge in [-0.1, -0.05) is 26.0 Å². The number of aromatic nitrogens is 4.